The first-order chi connectivity index (χ1) is 6.84. The second kappa shape index (κ2) is 3.34. The van der Waals surface area contributed by atoms with E-state index in [1.807, 2.05) is 0 Å². The van der Waals surface area contributed by atoms with E-state index in [4.69, 9.17) is 0 Å². The van der Waals surface area contributed by atoms with Crippen LogP contribution in [0.5, 0.6) is 0 Å². The van der Waals surface area contributed by atoms with E-state index in [9.17, 15) is 4.79 Å². The summed E-state index contributed by atoms with van der Waals surface area (Å²) in [5, 5.41) is 0. The number of Topliss-reactive ketones (excluding diaryl/α,β-unsaturated/α-hetero) is 1. The zero-order valence-electron chi connectivity index (χ0n) is 8.74. The summed E-state index contributed by atoms with van der Waals surface area (Å²) in [4.78, 5) is 14.3. The lowest BCUT2D eigenvalue weighted by atomic mass is 9.78. The molecular weight excluding hydrogens is 174 g/mol. The second-order valence-electron chi connectivity index (χ2n) is 5.23. The Balaban J connectivity index is 1.73. The highest BCUT2D eigenvalue weighted by Gasteiger charge is 2.42. The molecule has 0 amide bonds. The third-order valence-electron chi connectivity index (χ3n) is 4.43. The van der Waals surface area contributed by atoms with E-state index < -0.39 is 0 Å². The van der Waals surface area contributed by atoms with Crippen LogP contribution in [-0.2, 0) is 4.79 Å². The third-order valence-corrected chi connectivity index (χ3v) is 4.43. The molecule has 2 aliphatic heterocycles. The zero-order chi connectivity index (χ0) is 9.54. The normalized spacial score (nSPS) is 39.6. The van der Waals surface area contributed by atoms with Crippen LogP contribution >= 0.6 is 0 Å². The minimum absolute atomic E-state index is 0.403. The Morgan fingerprint density at radius 1 is 1.00 bits per heavy atom. The molecular formula is C12H19NO. The molecule has 4 rings (SSSR count). The average molecular weight is 193 g/mol. The Morgan fingerprint density at radius 3 is 2.36 bits per heavy atom. The van der Waals surface area contributed by atoms with E-state index in [1.165, 1.54) is 38.5 Å². The minimum Gasteiger partial charge on any atom is -0.299 e. The van der Waals surface area contributed by atoms with E-state index in [2.05, 4.69) is 4.90 Å². The van der Waals surface area contributed by atoms with Gasteiger partial charge < -0.3 is 0 Å². The number of hydrogen-bond acceptors (Lipinski definition) is 2. The smallest absolute Gasteiger partial charge is 0.138 e. The highest BCUT2D eigenvalue weighted by atomic mass is 16.1. The van der Waals surface area contributed by atoms with Crippen molar-refractivity contribution in [3.05, 3.63) is 0 Å². The summed E-state index contributed by atoms with van der Waals surface area (Å²) in [6, 6.07) is 1.45. The van der Waals surface area contributed by atoms with Gasteiger partial charge in [-0.05, 0) is 25.7 Å². The number of nitrogens with zero attached hydrogens (tertiary/aromatic N) is 1. The van der Waals surface area contributed by atoms with Crippen molar-refractivity contribution in [2.75, 3.05) is 6.54 Å². The molecule has 2 nitrogen and oxygen atoms in total. The van der Waals surface area contributed by atoms with Gasteiger partial charge in [0.05, 0.1) is 0 Å². The van der Waals surface area contributed by atoms with Crippen LogP contribution in [0.1, 0.15) is 44.9 Å². The highest BCUT2D eigenvalue weighted by Crippen LogP contribution is 2.37. The van der Waals surface area contributed by atoms with Crippen molar-refractivity contribution in [1.29, 1.82) is 0 Å². The lowest BCUT2D eigenvalue weighted by Crippen LogP contribution is -2.55. The fourth-order valence-electron chi connectivity index (χ4n) is 3.62. The van der Waals surface area contributed by atoms with Crippen molar-refractivity contribution in [2.45, 2.75) is 57.0 Å². The van der Waals surface area contributed by atoms with Crippen LogP contribution in [0, 0.1) is 5.92 Å². The summed E-state index contributed by atoms with van der Waals surface area (Å²) in [5.41, 5.74) is 0. The van der Waals surface area contributed by atoms with Gasteiger partial charge in [-0.2, -0.15) is 0 Å². The molecule has 2 saturated carbocycles. The predicted octanol–water partition coefficient (Wildman–Crippen LogP) is 1.98. The van der Waals surface area contributed by atoms with E-state index in [-0.39, 0.29) is 0 Å². The number of carbonyl (C=O) groups is 1. The van der Waals surface area contributed by atoms with Gasteiger partial charge in [0, 0.05) is 31.0 Å². The molecule has 2 bridgehead atoms. The number of hydrogen-bond donors (Lipinski definition) is 0. The topological polar surface area (TPSA) is 20.3 Å². The summed E-state index contributed by atoms with van der Waals surface area (Å²) in [6.07, 6.45) is 8.91. The Labute approximate surface area is 85.7 Å². The van der Waals surface area contributed by atoms with Gasteiger partial charge in [0.25, 0.3) is 0 Å². The molecule has 0 aromatic rings. The molecule has 2 aliphatic carbocycles. The number of rotatable bonds is 1. The molecule has 2 atom stereocenters. The third kappa shape index (κ3) is 1.31. The van der Waals surface area contributed by atoms with Crippen LogP contribution in [0.15, 0.2) is 0 Å². The molecule has 0 spiro atoms. The molecule has 0 aromatic heterocycles. The molecule has 0 radical (unpaired) electrons. The van der Waals surface area contributed by atoms with Gasteiger partial charge in [0.1, 0.15) is 5.78 Å². The Kier molecular flexibility index (Phi) is 2.12. The Bertz CT molecular complexity index is 245. The van der Waals surface area contributed by atoms with Gasteiger partial charge in [0.15, 0.2) is 0 Å². The van der Waals surface area contributed by atoms with Crippen LogP contribution in [0.3, 0.4) is 0 Å². The summed E-state index contributed by atoms with van der Waals surface area (Å²) in [7, 11) is 0. The summed E-state index contributed by atoms with van der Waals surface area (Å²) >= 11 is 0. The summed E-state index contributed by atoms with van der Waals surface area (Å²) in [5.74, 6) is 0.955. The fourth-order valence-corrected chi connectivity index (χ4v) is 3.62. The van der Waals surface area contributed by atoms with Crippen LogP contribution < -0.4 is 0 Å². The van der Waals surface area contributed by atoms with Gasteiger partial charge in [-0.15, -0.1) is 0 Å². The van der Waals surface area contributed by atoms with Crippen LogP contribution in [0.25, 0.3) is 0 Å². The van der Waals surface area contributed by atoms with Crippen molar-refractivity contribution < 1.29 is 4.79 Å². The van der Waals surface area contributed by atoms with Crippen molar-refractivity contribution in [2.24, 2.45) is 5.92 Å². The zero-order valence-corrected chi connectivity index (χ0v) is 8.74. The Morgan fingerprint density at radius 2 is 1.79 bits per heavy atom. The largest absolute Gasteiger partial charge is 0.299 e. The van der Waals surface area contributed by atoms with Gasteiger partial charge in [0.2, 0.25) is 0 Å². The van der Waals surface area contributed by atoms with Crippen LogP contribution in [-0.4, -0.2) is 29.3 Å². The van der Waals surface area contributed by atoms with E-state index in [0.717, 1.165) is 19.0 Å². The molecule has 0 N–H and O–H groups in total. The van der Waals surface area contributed by atoms with E-state index in [0.29, 0.717) is 17.7 Å². The first kappa shape index (κ1) is 8.90. The predicted molar refractivity (Wildman–Crippen MR) is 55.1 cm³/mol. The van der Waals surface area contributed by atoms with Gasteiger partial charge in [-0.3, -0.25) is 9.69 Å². The summed E-state index contributed by atoms with van der Waals surface area (Å²) in [6.45, 7) is 1.09. The number of carbonyl (C=O) groups excluding carboxylic acids is 1. The molecule has 78 valence electrons. The van der Waals surface area contributed by atoms with Crippen LogP contribution in [0.2, 0.25) is 0 Å². The van der Waals surface area contributed by atoms with Crippen LogP contribution in [0.4, 0.5) is 0 Å². The quantitative estimate of drug-likeness (QED) is 0.634. The number of piperidine rings is 2. The van der Waals surface area contributed by atoms with Crippen molar-refractivity contribution in [1.82, 2.24) is 4.90 Å². The molecule has 2 saturated heterocycles. The molecule has 2 heteroatoms. The van der Waals surface area contributed by atoms with Crippen molar-refractivity contribution >= 4 is 5.78 Å². The van der Waals surface area contributed by atoms with Crippen molar-refractivity contribution in [3.8, 4) is 0 Å². The van der Waals surface area contributed by atoms with Gasteiger partial charge >= 0.3 is 0 Å². The first-order valence-electron chi connectivity index (χ1n) is 6.13. The highest BCUT2D eigenvalue weighted by molar-refractivity contribution is 5.83. The molecule has 2 unspecified atom stereocenters. The Hall–Kier alpha value is -0.370. The molecule has 4 fully saturated rings. The SMILES string of the molecule is O=C1CC2CCC1CN2C1CCCC1. The summed E-state index contributed by atoms with van der Waals surface area (Å²) < 4.78 is 0. The molecule has 0 aromatic carbocycles. The molecule has 14 heavy (non-hydrogen) atoms. The maximum Gasteiger partial charge on any atom is 0.138 e. The lowest BCUT2D eigenvalue weighted by Gasteiger charge is -2.47. The molecule has 4 aliphatic rings. The number of fused-ring (bicyclic) bond motifs is 3. The standard InChI is InChI=1S/C12H19NO/c14-12-7-11-6-5-9(12)8-13(11)10-3-1-2-4-10/h9-11H,1-8H2. The number of ketones is 1. The molecule has 2 heterocycles. The van der Waals surface area contributed by atoms with Gasteiger partial charge in [-0.25, -0.2) is 0 Å². The van der Waals surface area contributed by atoms with E-state index >= 15 is 0 Å². The monoisotopic (exact) mass is 193 g/mol. The maximum absolute atomic E-state index is 11.6. The van der Waals surface area contributed by atoms with Gasteiger partial charge in [-0.1, -0.05) is 12.8 Å². The second-order valence-corrected chi connectivity index (χ2v) is 5.23. The maximum atomic E-state index is 11.6. The fraction of sp³-hybridized carbons (Fsp3) is 0.917. The van der Waals surface area contributed by atoms with E-state index in [1.54, 1.807) is 0 Å². The lowest BCUT2D eigenvalue weighted by molar-refractivity contribution is -0.133. The average Bonchev–Trinajstić information content (AvgIpc) is 2.71. The minimum atomic E-state index is 0.403. The first-order valence-corrected chi connectivity index (χ1v) is 6.13. The van der Waals surface area contributed by atoms with Crippen molar-refractivity contribution in [3.63, 3.8) is 0 Å².